The maximum atomic E-state index is 10.7. The molecule has 2 heteroatoms. The molecule has 11 heavy (non-hydrogen) atoms. The SMILES string of the molecule is CC(C)(C)[C@H]1C[C@@H](C(N)=O)C1. The van der Waals surface area contributed by atoms with E-state index in [4.69, 9.17) is 5.73 Å². The van der Waals surface area contributed by atoms with E-state index in [-0.39, 0.29) is 11.8 Å². The zero-order chi connectivity index (χ0) is 8.65. The van der Waals surface area contributed by atoms with Crippen LogP contribution in [0.5, 0.6) is 0 Å². The van der Waals surface area contributed by atoms with Gasteiger partial charge in [-0.3, -0.25) is 4.79 Å². The Kier molecular flexibility index (Phi) is 1.95. The highest BCUT2D eigenvalue weighted by molar-refractivity contribution is 5.77. The van der Waals surface area contributed by atoms with Crippen LogP contribution in [0.3, 0.4) is 0 Å². The average Bonchev–Trinajstić information content (AvgIpc) is 1.51. The minimum absolute atomic E-state index is 0.120. The fourth-order valence-corrected chi connectivity index (χ4v) is 1.56. The van der Waals surface area contributed by atoms with Crippen LogP contribution in [0.2, 0.25) is 0 Å². The summed E-state index contributed by atoms with van der Waals surface area (Å²) in [6.45, 7) is 6.65. The number of primary amides is 1. The van der Waals surface area contributed by atoms with Gasteiger partial charge in [-0.25, -0.2) is 0 Å². The van der Waals surface area contributed by atoms with E-state index in [0.717, 1.165) is 12.8 Å². The molecule has 1 amide bonds. The molecule has 0 saturated heterocycles. The Balaban J connectivity index is 2.35. The second-order valence-electron chi connectivity index (χ2n) is 4.63. The van der Waals surface area contributed by atoms with Crippen molar-refractivity contribution in [1.82, 2.24) is 0 Å². The molecule has 0 bridgehead atoms. The molecular weight excluding hydrogens is 138 g/mol. The summed E-state index contributed by atoms with van der Waals surface area (Å²) in [5.41, 5.74) is 5.52. The summed E-state index contributed by atoms with van der Waals surface area (Å²) in [6, 6.07) is 0. The average molecular weight is 155 g/mol. The van der Waals surface area contributed by atoms with Crippen molar-refractivity contribution in [3.8, 4) is 0 Å². The number of hydrogen-bond acceptors (Lipinski definition) is 1. The molecule has 1 rings (SSSR count). The highest BCUT2D eigenvalue weighted by atomic mass is 16.1. The van der Waals surface area contributed by atoms with E-state index in [9.17, 15) is 4.79 Å². The van der Waals surface area contributed by atoms with Gasteiger partial charge in [0, 0.05) is 5.92 Å². The van der Waals surface area contributed by atoms with Crippen molar-refractivity contribution in [2.24, 2.45) is 23.0 Å². The normalized spacial score (nSPS) is 31.2. The Hall–Kier alpha value is -0.530. The lowest BCUT2D eigenvalue weighted by Crippen LogP contribution is -2.40. The summed E-state index contributed by atoms with van der Waals surface area (Å²) in [5, 5.41) is 0. The predicted molar refractivity (Wildman–Crippen MR) is 44.9 cm³/mol. The highest BCUT2D eigenvalue weighted by Gasteiger charge is 2.39. The third kappa shape index (κ3) is 1.73. The van der Waals surface area contributed by atoms with Crippen molar-refractivity contribution in [2.75, 3.05) is 0 Å². The first-order valence-corrected chi connectivity index (χ1v) is 4.20. The molecule has 0 heterocycles. The molecule has 0 aliphatic heterocycles. The lowest BCUT2D eigenvalue weighted by Gasteiger charge is -2.42. The predicted octanol–water partition coefficient (Wildman–Crippen LogP) is 1.54. The van der Waals surface area contributed by atoms with Gasteiger partial charge in [-0.2, -0.15) is 0 Å². The summed E-state index contributed by atoms with van der Waals surface area (Å²) in [6.07, 6.45) is 2.00. The van der Waals surface area contributed by atoms with Gasteiger partial charge in [-0.1, -0.05) is 20.8 Å². The maximum Gasteiger partial charge on any atom is 0.220 e. The van der Waals surface area contributed by atoms with E-state index in [1.54, 1.807) is 0 Å². The van der Waals surface area contributed by atoms with Crippen LogP contribution in [0.25, 0.3) is 0 Å². The van der Waals surface area contributed by atoms with Crippen molar-refractivity contribution in [3.05, 3.63) is 0 Å². The monoisotopic (exact) mass is 155 g/mol. The third-order valence-electron chi connectivity index (χ3n) is 2.77. The van der Waals surface area contributed by atoms with Crippen LogP contribution in [0.15, 0.2) is 0 Å². The topological polar surface area (TPSA) is 43.1 Å². The van der Waals surface area contributed by atoms with E-state index in [1.807, 2.05) is 0 Å². The molecule has 0 aromatic carbocycles. The van der Waals surface area contributed by atoms with Gasteiger partial charge in [0.25, 0.3) is 0 Å². The summed E-state index contributed by atoms with van der Waals surface area (Å²) in [4.78, 5) is 10.7. The molecule has 0 radical (unpaired) electrons. The van der Waals surface area contributed by atoms with Crippen LogP contribution in [-0.4, -0.2) is 5.91 Å². The smallest absolute Gasteiger partial charge is 0.220 e. The first kappa shape index (κ1) is 8.57. The molecule has 1 saturated carbocycles. The van der Waals surface area contributed by atoms with Crippen LogP contribution in [0.1, 0.15) is 33.6 Å². The molecule has 1 fully saturated rings. The van der Waals surface area contributed by atoms with Gasteiger partial charge >= 0.3 is 0 Å². The second-order valence-corrected chi connectivity index (χ2v) is 4.63. The van der Waals surface area contributed by atoms with E-state index < -0.39 is 0 Å². The molecule has 0 aromatic rings. The fraction of sp³-hybridized carbons (Fsp3) is 0.889. The molecule has 64 valence electrons. The number of nitrogens with two attached hydrogens (primary N) is 1. The van der Waals surface area contributed by atoms with Crippen LogP contribution in [0.4, 0.5) is 0 Å². The van der Waals surface area contributed by atoms with Crippen LogP contribution >= 0.6 is 0 Å². The zero-order valence-corrected chi connectivity index (χ0v) is 7.55. The van der Waals surface area contributed by atoms with Gasteiger partial charge in [-0.15, -0.1) is 0 Å². The number of amides is 1. The second kappa shape index (κ2) is 2.50. The van der Waals surface area contributed by atoms with E-state index in [1.165, 1.54) is 0 Å². The fourth-order valence-electron chi connectivity index (χ4n) is 1.56. The van der Waals surface area contributed by atoms with Crippen molar-refractivity contribution >= 4 is 5.91 Å². The summed E-state index contributed by atoms with van der Waals surface area (Å²) >= 11 is 0. The summed E-state index contributed by atoms with van der Waals surface area (Å²) in [7, 11) is 0. The Bertz CT molecular complexity index is 163. The zero-order valence-electron chi connectivity index (χ0n) is 7.55. The van der Waals surface area contributed by atoms with E-state index in [0.29, 0.717) is 11.3 Å². The first-order valence-electron chi connectivity index (χ1n) is 4.20. The Morgan fingerprint density at radius 1 is 1.36 bits per heavy atom. The molecule has 1 aliphatic rings. The van der Waals surface area contributed by atoms with Gasteiger partial charge in [-0.05, 0) is 24.2 Å². The van der Waals surface area contributed by atoms with Crippen molar-refractivity contribution in [1.29, 1.82) is 0 Å². The Morgan fingerprint density at radius 2 is 1.82 bits per heavy atom. The lowest BCUT2D eigenvalue weighted by molar-refractivity contribution is -0.127. The molecule has 1 aliphatic carbocycles. The number of carbonyl (C=O) groups excluding carboxylic acids is 1. The van der Waals surface area contributed by atoms with Crippen molar-refractivity contribution < 1.29 is 4.79 Å². The Labute approximate surface area is 68.2 Å². The highest BCUT2D eigenvalue weighted by Crippen LogP contribution is 2.44. The molecule has 0 unspecified atom stereocenters. The summed E-state index contributed by atoms with van der Waals surface area (Å²) in [5.74, 6) is 0.740. The van der Waals surface area contributed by atoms with Crippen molar-refractivity contribution in [2.45, 2.75) is 33.6 Å². The quantitative estimate of drug-likeness (QED) is 0.613. The van der Waals surface area contributed by atoms with Gasteiger partial charge in [0.15, 0.2) is 0 Å². The molecule has 0 aromatic heterocycles. The van der Waals surface area contributed by atoms with Gasteiger partial charge < -0.3 is 5.73 Å². The number of rotatable bonds is 1. The van der Waals surface area contributed by atoms with E-state index in [2.05, 4.69) is 20.8 Å². The number of hydrogen-bond donors (Lipinski definition) is 1. The number of carbonyl (C=O) groups is 1. The van der Waals surface area contributed by atoms with Crippen molar-refractivity contribution in [3.63, 3.8) is 0 Å². The molecular formula is C9H17NO. The van der Waals surface area contributed by atoms with Gasteiger partial charge in [0.05, 0.1) is 0 Å². The third-order valence-corrected chi connectivity index (χ3v) is 2.77. The van der Waals surface area contributed by atoms with Gasteiger partial charge in [0.2, 0.25) is 5.91 Å². The standard InChI is InChI=1S/C9H17NO/c1-9(2,3)7-4-6(5-7)8(10)11/h6-7H,4-5H2,1-3H3,(H2,10,11)/t6-,7+. The summed E-state index contributed by atoms with van der Waals surface area (Å²) < 4.78 is 0. The Morgan fingerprint density at radius 3 is 2.09 bits per heavy atom. The van der Waals surface area contributed by atoms with E-state index >= 15 is 0 Å². The molecule has 2 nitrogen and oxygen atoms in total. The molecule has 0 spiro atoms. The molecule has 2 N–H and O–H groups in total. The minimum Gasteiger partial charge on any atom is -0.369 e. The van der Waals surface area contributed by atoms with Crippen LogP contribution in [0, 0.1) is 17.3 Å². The molecule has 0 atom stereocenters. The lowest BCUT2D eigenvalue weighted by atomic mass is 9.63. The van der Waals surface area contributed by atoms with Crippen LogP contribution in [-0.2, 0) is 4.79 Å². The van der Waals surface area contributed by atoms with Gasteiger partial charge in [0.1, 0.15) is 0 Å². The largest absolute Gasteiger partial charge is 0.369 e. The maximum absolute atomic E-state index is 10.7. The first-order chi connectivity index (χ1) is 4.91. The minimum atomic E-state index is -0.120. The van der Waals surface area contributed by atoms with Crippen LogP contribution < -0.4 is 5.73 Å².